The van der Waals surface area contributed by atoms with Gasteiger partial charge in [-0.15, -0.1) is 0 Å². The molecule has 2 aromatic rings. The largest absolute Gasteiger partial charge is 0.393 e. The van der Waals surface area contributed by atoms with Crippen molar-refractivity contribution in [1.29, 1.82) is 0 Å². The van der Waals surface area contributed by atoms with Gasteiger partial charge in [0.05, 0.1) is 11.1 Å². The Bertz CT molecular complexity index is 662. The molecule has 1 aliphatic rings. The fraction of sp³-hybridized carbons (Fsp3) is 0.368. The van der Waals surface area contributed by atoms with Crippen LogP contribution in [-0.4, -0.2) is 29.2 Å². The molecule has 1 N–H and O–H groups in total. The molecule has 1 heterocycles. The molecule has 0 aromatic heterocycles. The molecular formula is C19H21ClFNO. The zero-order valence-corrected chi connectivity index (χ0v) is 13.9. The average Bonchev–Trinajstić information content (AvgIpc) is 2.95. The fourth-order valence-electron chi connectivity index (χ4n) is 3.47. The van der Waals surface area contributed by atoms with Crippen LogP contribution in [0.5, 0.6) is 0 Å². The Morgan fingerprint density at radius 1 is 1.22 bits per heavy atom. The normalized spacial score (nSPS) is 23.1. The molecule has 1 unspecified atom stereocenters. The minimum Gasteiger partial charge on any atom is -0.393 e. The number of hydrogen-bond acceptors (Lipinski definition) is 2. The number of likely N-dealkylation sites (tertiary alicyclic amines) is 1. The first-order chi connectivity index (χ1) is 11.0. The van der Waals surface area contributed by atoms with Gasteiger partial charge in [0.25, 0.3) is 0 Å². The zero-order chi connectivity index (χ0) is 16.4. The summed E-state index contributed by atoms with van der Waals surface area (Å²) in [6.45, 7) is 4.28. The molecule has 1 fully saturated rings. The van der Waals surface area contributed by atoms with Gasteiger partial charge in [-0.3, -0.25) is 4.90 Å². The molecule has 1 aliphatic heterocycles. The molecule has 0 amide bonds. The van der Waals surface area contributed by atoms with Gasteiger partial charge in [0.1, 0.15) is 5.82 Å². The number of rotatable bonds is 4. The van der Waals surface area contributed by atoms with Crippen LogP contribution in [-0.2, 0) is 6.54 Å². The van der Waals surface area contributed by atoms with E-state index < -0.39 is 11.9 Å². The summed E-state index contributed by atoms with van der Waals surface area (Å²) < 4.78 is 13.8. The smallest absolute Gasteiger partial charge is 0.142 e. The molecule has 0 radical (unpaired) electrons. The summed E-state index contributed by atoms with van der Waals surface area (Å²) in [5, 5.41) is 10.3. The van der Waals surface area contributed by atoms with Gasteiger partial charge in [-0.25, -0.2) is 4.39 Å². The van der Waals surface area contributed by atoms with E-state index in [0.29, 0.717) is 0 Å². The lowest BCUT2D eigenvalue weighted by atomic mass is 9.86. The van der Waals surface area contributed by atoms with Gasteiger partial charge in [0.15, 0.2) is 0 Å². The quantitative estimate of drug-likeness (QED) is 0.911. The van der Waals surface area contributed by atoms with Gasteiger partial charge >= 0.3 is 0 Å². The first-order valence-electron chi connectivity index (χ1n) is 7.94. The van der Waals surface area contributed by atoms with Crippen molar-refractivity contribution in [1.82, 2.24) is 4.90 Å². The van der Waals surface area contributed by atoms with E-state index in [-0.39, 0.29) is 16.9 Å². The van der Waals surface area contributed by atoms with Crippen molar-refractivity contribution in [3.63, 3.8) is 0 Å². The molecule has 0 bridgehead atoms. The van der Waals surface area contributed by atoms with Gasteiger partial charge in [0.2, 0.25) is 0 Å². The third-order valence-corrected chi connectivity index (χ3v) is 4.99. The molecule has 0 spiro atoms. The van der Waals surface area contributed by atoms with Crippen LogP contribution in [0.2, 0.25) is 5.02 Å². The molecule has 23 heavy (non-hydrogen) atoms. The van der Waals surface area contributed by atoms with Crippen LogP contribution in [0.1, 0.15) is 24.0 Å². The summed E-state index contributed by atoms with van der Waals surface area (Å²) in [6, 6.07) is 15.3. The van der Waals surface area contributed by atoms with Crippen LogP contribution in [0.4, 0.5) is 4.39 Å². The molecule has 122 valence electrons. The Balaban J connectivity index is 1.79. The lowest BCUT2D eigenvalue weighted by Crippen LogP contribution is -2.25. The minimum atomic E-state index is -0.431. The van der Waals surface area contributed by atoms with Crippen molar-refractivity contribution in [3.8, 4) is 0 Å². The lowest BCUT2D eigenvalue weighted by molar-refractivity contribution is 0.120. The number of aliphatic hydroxyl groups is 1. The molecule has 0 aliphatic carbocycles. The Morgan fingerprint density at radius 2 is 1.96 bits per heavy atom. The van der Waals surface area contributed by atoms with E-state index in [0.717, 1.165) is 25.2 Å². The fourth-order valence-corrected chi connectivity index (χ4v) is 3.59. The van der Waals surface area contributed by atoms with Crippen LogP contribution in [0.3, 0.4) is 0 Å². The Morgan fingerprint density at radius 3 is 2.61 bits per heavy atom. The third-order valence-electron chi connectivity index (χ3n) is 4.68. The molecule has 1 saturated heterocycles. The van der Waals surface area contributed by atoms with Crippen molar-refractivity contribution < 1.29 is 9.50 Å². The van der Waals surface area contributed by atoms with E-state index >= 15 is 0 Å². The predicted molar refractivity (Wildman–Crippen MR) is 91.0 cm³/mol. The SMILES string of the molecule is CC(O)[C@H]1CN(Cc2ccccc2)C[C@@H]1c1ccc(Cl)c(F)c1. The minimum absolute atomic E-state index is 0.0966. The van der Waals surface area contributed by atoms with Crippen LogP contribution in [0, 0.1) is 11.7 Å². The summed E-state index contributed by atoms with van der Waals surface area (Å²) in [4.78, 5) is 2.32. The van der Waals surface area contributed by atoms with Gasteiger partial charge in [0, 0.05) is 31.5 Å². The summed E-state index contributed by atoms with van der Waals surface area (Å²) >= 11 is 5.79. The second kappa shape index (κ2) is 7.00. The number of hydrogen-bond donors (Lipinski definition) is 1. The Labute approximate surface area is 141 Å². The monoisotopic (exact) mass is 333 g/mol. The average molecular weight is 334 g/mol. The standard InChI is InChI=1S/C19H21ClFNO/c1-13(23)16-11-22(10-14-5-3-2-4-6-14)12-17(16)15-7-8-18(20)19(21)9-15/h2-9,13,16-17,23H,10-12H2,1H3/t13?,16-,17-/m1/s1. The van der Waals surface area contributed by atoms with E-state index in [1.165, 1.54) is 11.6 Å². The number of nitrogens with zero attached hydrogens (tertiary/aromatic N) is 1. The van der Waals surface area contributed by atoms with E-state index in [2.05, 4.69) is 17.0 Å². The predicted octanol–water partition coefficient (Wildman–Crippen LogP) is 4.08. The summed E-state index contributed by atoms with van der Waals surface area (Å²) in [5.41, 5.74) is 2.16. The van der Waals surface area contributed by atoms with E-state index in [1.54, 1.807) is 6.07 Å². The van der Waals surface area contributed by atoms with E-state index in [1.807, 2.05) is 31.2 Å². The second-order valence-corrected chi connectivity index (χ2v) is 6.77. The van der Waals surface area contributed by atoms with Crippen molar-refractivity contribution in [3.05, 3.63) is 70.5 Å². The second-order valence-electron chi connectivity index (χ2n) is 6.36. The van der Waals surface area contributed by atoms with Gasteiger partial charge in [-0.05, 0) is 30.2 Å². The van der Waals surface area contributed by atoms with Crippen molar-refractivity contribution in [2.45, 2.75) is 25.5 Å². The Kier molecular flexibility index (Phi) is 5.00. The highest BCUT2D eigenvalue weighted by Gasteiger charge is 2.36. The number of aliphatic hydroxyl groups excluding tert-OH is 1. The zero-order valence-electron chi connectivity index (χ0n) is 13.1. The van der Waals surface area contributed by atoms with Gasteiger partial charge in [-0.1, -0.05) is 48.0 Å². The summed E-state index contributed by atoms with van der Waals surface area (Å²) in [7, 11) is 0. The molecule has 2 nitrogen and oxygen atoms in total. The summed E-state index contributed by atoms with van der Waals surface area (Å²) in [6.07, 6.45) is -0.431. The first kappa shape index (κ1) is 16.4. The Hall–Kier alpha value is -1.42. The first-order valence-corrected chi connectivity index (χ1v) is 8.31. The lowest BCUT2D eigenvalue weighted by Gasteiger charge is -2.21. The molecule has 4 heteroatoms. The maximum absolute atomic E-state index is 13.8. The molecule has 0 saturated carbocycles. The highest BCUT2D eigenvalue weighted by molar-refractivity contribution is 6.30. The van der Waals surface area contributed by atoms with Crippen molar-refractivity contribution in [2.24, 2.45) is 5.92 Å². The maximum atomic E-state index is 13.8. The van der Waals surface area contributed by atoms with E-state index in [9.17, 15) is 9.50 Å². The topological polar surface area (TPSA) is 23.5 Å². The maximum Gasteiger partial charge on any atom is 0.142 e. The van der Waals surface area contributed by atoms with Crippen LogP contribution in [0.15, 0.2) is 48.5 Å². The highest BCUT2D eigenvalue weighted by atomic mass is 35.5. The summed E-state index contributed by atoms with van der Waals surface area (Å²) in [5.74, 6) is -0.181. The molecular weight excluding hydrogens is 313 g/mol. The number of halogens is 2. The molecule has 3 rings (SSSR count). The van der Waals surface area contributed by atoms with Crippen LogP contribution >= 0.6 is 11.6 Å². The van der Waals surface area contributed by atoms with Gasteiger partial charge < -0.3 is 5.11 Å². The van der Waals surface area contributed by atoms with E-state index in [4.69, 9.17) is 11.6 Å². The number of benzene rings is 2. The van der Waals surface area contributed by atoms with Crippen LogP contribution < -0.4 is 0 Å². The van der Waals surface area contributed by atoms with Crippen molar-refractivity contribution in [2.75, 3.05) is 13.1 Å². The van der Waals surface area contributed by atoms with Crippen molar-refractivity contribution >= 4 is 11.6 Å². The van der Waals surface area contributed by atoms with Gasteiger partial charge in [-0.2, -0.15) is 0 Å². The highest BCUT2D eigenvalue weighted by Crippen LogP contribution is 2.36. The molecule has 2 aromatic carbocycles. The van der Waals surface area contributed by atoms with Crippen LogP contribution in [0.25, 0.3) is 0 Å². The third kappa shape index (κ3) is 3.74. The molecule has 3 atom stereocenters.